The molecule has 1 nitrogen and oxygen atoms in total. The molecule has 7 heavy (non-hydrogen) atoms. The lowest BCUT2D eigenvalue weighted by Crippen LogP contribution is -1.72. The fourth-order valence-corrected chi connectivity index (χ4v) is 0.276. The van der Waals surface area contributed by atoms with Crippen molar-refractivity contribution in [3.63, 3.8) is 0 Å². The van der Waals surface area contributed by atoms with E-state index in [4.69, 9.17) is 0 Å². The van der Waals surface area contributed by atoms with E-state index < -0.39 is 0 Å². The predicted molar refractivity (Wildman–Crippen MR) is 29.8 cm³/mol. The summed E-state index contributed by atoms with van der Waals surface area (Å²) in [6.45, 7) is 5.30. The van der Waals surface area contributed by atoms with Crippen molar-refractivity contribution >= 4 is 6.29 Å². The highest BCUT2D eigenvalue weighted by Gasteiger charge is 1.76. The van der Waals surface area contributed by atoms with Crippen LogP contribution in [0.2, 0.25) is 0 Å². The Hall–Kier alpha value is -0.590. The van der Waals surface area contributed by atoms with Crippen LogP contribution in [0.5, 0.6) is 0 Å². The van der Waals surface area contributed by atoms with Crippen LogP contribution in [0, 0.1) is 6.92 Å². The second kappa shape index (κ2) is 3.59. The maximum atomic E-state index is 9.80. The molecule has 0 unspecified atom stereocenters. The maximum absolute atomic E-state index is 9.80. The van der Waals surface area contributed by atoms with Gasteiger partial charge in [-0.3, -0.25) is 4.79 Å². The summed E-state index contributed by atoms with van der Waals surface area (Å²) in [5.74, 6) is 0. The molecule has 0 atom stereocenters. The molecule has 0 saturated carbocycles. The van der Waals surface area contributed by atoms with E-state index in [2.05, 4.69) is 6.92 Å². The zero-order chi connectivity index (χ0) is 5.70. The summed E-state index contributed by atoms with van der Waals surface area (Å²) in [6, 6.07) is 0. The van der Waals surface area contributed by atoms with Crippen molar-refractivity contribution in [1.82, 2.24) is 0 Å². The number of hydrogen-bond acceptors (Lipinski definition) is 1. The lowest BCUT2D eigenvalue weighted by Gasteiger charge is -1.79. The second-order valence-electron chi connectivity index (χ2n) is 1.35. The third kappa shape index (κ3) is 3.23. The van der Waals surface area contributed by atoms with Crippen molar-refractivity contribution < 1.29 is 4.79 Å². The molecule has 1 heteroatoms. The van der Waals surface area contributed by atoms with E-state index in [1.807, 2.05) is 0 Å². The fraction of sp³-hybridized carbons (Fsp3) is 0.333. The summed E-state index contributed by atoms with van der Waals surface area (Å²) in [6.07, 6.45) is 3.31. The highest BCUT2D eigenvalue weighted by atomic mass is 16.1. The van der Waals surface area contributed by atoms with Gasteiger partial charge in [-0.1, -0.05) is 6.08 Å². The van der Waals surface area contributed by atoms with Crippen LogP contribution < -0.4 is 0 Å². The molecule has 0 aliphatic heterocycles. The highest BCUT2D eigenvalue weighted by Crippen LogP contribution is 1.86. The molecule has 0 bridgehead atoms. The molecule has 0 aromatic carbocycles. The SMILES string of the molecule is [CH2]CC=C(C)C=O. The molecular weight excluding hydrogens is 88.1 g/mol. The Balaban J connectivity index is 3.49. The topological polar surface area (TPSA) is 17.1 Å². The second-order valence-corrected chi connectivity index (χ2v) is 1.35. The largest absolute Gasteiger partial charge is 0.298 e. The number of rotatable bonds is 2. The number of aldehydes is 1. The number of allylic oxidation sites excluding steroid dienone is 2. The van der Waals surface area contributed by atoms with Crippen molar-refractivity contribution in [2.75, 3.05) is 0 Å². The van der Waals surface area contributed by atoms with E-state index in [0.29, 0.717) is 6.42 Å². The molecule has 0 heterocycles. The van der Waals surface area contributed by atoms with Gasteiger partial charge in [0.15, 0.2) is 0 Å². The van der Waals surface area contributed by atoms with Crippen LogP contribution in [0.25, 0.3) is 0 Å². The van der Waals surface area contributed by atoms with E-state index in [-0.39, 0.29) is 0 Å². The zero-order valence-electron chi connectivity index (χ0n) is 4.48. The van der Waals surface area contributed by atoms with Gasteiger partial charge in [-0.2, -0.15) is 0 Å². The van der Waals surface area contributed by atoms with Gasteiger partial charge in [-0.05, 0) is 25.8 Å². The first-order chi connectivity index (χ1) is 3.31. The summed E-state index contributed by atoms with van der Waals surface area (Å²) in [5, 5.41) is 0. The maximum Gasteiger partial charge on any atom is 0.145 e. The Morgan fingerprint density at radius 3 is 2.57 bits per heavy atom. The van der Waals surface area contributed by atoms with Gasteiger partial charge in [0.25, 0.3) is 0 Å². The van der Waals surface area contributed by atoms with E-state index in [1.165, 1.54) is 0 Å². The molecule has 0 spiro atoms. The smallest absolute Gasteiger partial charge is 0.145 e. The minimum absolute atomic E-state index is 0.699. The molecular formula is C6H9O. The average Bonchev–Trinajstić information content (AvgIpc) is 1.68. The van der Waals surface area contributed by atoms with Crippen LogP contribution in [0.3, 0.4) is 0 Å². The van der Waals surface area contributed by atoms with Gasteiger partial charge < -0.3 is 0 Å². The molecule has 0 aliphatic carbocycles. The molecule has 0 rings (SSSR count). The Morgan fingerprint density at radius 2 is 2.43 bits per heavy atom. The van der Waals surface area contributed by atoms with Gasteiger partial charge in [0, 0.05) is 0 Å². The molecule has 1 radical (unpaired) electrons. The Morgan fingerprint density at radius 1 is 1.86 bits per heavy atom. The Labute approximate surface area is 44.0 Å². The van der Waals surface area contributed by atoms with Crippen LogP contribution in [0.1, 0.15) is 13.3 Å². The van der Waals surface area contributed by atoms with Gasteiger partial charge in [0.1, 0.15) is 6.29 Å². The van der Waals surface area contributed by atoms with Crippen LogP contribution in [0.4, 0.5) is 0 Å². The van der Waals surface area contributed by atoms with Gasteiger partial charge in [-0.15, -0.1) is 0 Å². The normalized spacial score (nSPS) is 11.4. The van der Waals surface area contributed by atoms with Crippen LogP contribution in [-0.2, 0) is 4.79 Å². The summed E-state index contributed by atoms with van der Waals surface area (Å²) >= 11 is 0. The van der Waals surface area contributed by atoms with E-state index >= 15 is 0 Å². The highest BCUT2D eigenvalue weighted by molar-refractivity contribution is 5.71. The van der Waals surface area contributed by atoms with Crippen LogP contribution >= 0.6 is 0 Å². The first-order valence-electron chi connectivity index (χ1n) is 2.22. The minimum Gasteiger partial charge on any atom is -0.298 e. The Kier molecular flexibility index (Phi) is 3.29. The minimum atomic E-state index is 0.699. The first kappa shape index (κ1) is 6.41. The van der Waals surface area contributed by atoms with Gasteiger partial charge in [-0.25, -0.2) is 0 Å². The number of carbonyl (C=O) groups is 1. The van der Waals surface area contributed by atoms with Crippen LogP contribution in [0.15, 0.2) is 11.6 Å². The van der Waals surface area contributed by atoms with E-state index in [1.54, 1.807) is 13.0 Å². The molecule has 0 aromatic rings. The van der Waals surface area contributed by atoms with E-state index in [9.17, 15) is 4.79 Å². The standard InChI is InChI=1S/C6H9O/c1-3-4-6(2)5-7/h4-5H,1,3H2,2H3. The fourth-order valence-electron chi connectivity index (χ4n) is 0.276. The molecule has 39 valence electrons. The molecule has 0 aliphatic rings. The number of carbonyl (C=O) groups excluding carboxylic acids is 1. The predicted octanol–water partition coefficient (Wildman–Crippen LogP) is 1.36. The average molecular weight is 97.1 g/mol. The summed E-state index contributed by atoms with van der Waals surface area (Å²) < 4.78 is 0. The molecule has 0 aromatic heterocycles. The van der Waals surface area contributed by atoms with Crippen molar-refractivity contribution in [2.45, 2.75) is 13.3 Å². The Bertz CT molecular complexity index is 82.2. The van der Waals surface area contributed by atoms with Crippen molar-refractivity contribution in [1.29, 1.82) is 0 Å². The van der Waals surface area contributed by atoms with Crippen molar-refractivity contribution in [3.05, 3.63) is 18.6 Å². The summed E-state index contributed by atoms with van der Waals surface area (Å²) in [7, 11) is 0. The number of hydrogen-bond donors (Lipinski definition) is 0. The van der Waals surface area contributed by atoms with Gasteiger partial charge >= 0.3 is 0 Å². The quantitative estimate of drug-likeness (QED) is 0.375. The van der Waals surface area contributed by atoms with Crippen molar-refractivity contribution in [3.8, 4) is 0 Å². The molecule has 0 saturated heterocycles. The van der Waals surface area contributed by atoms with Gasteiger partial charge in [0.2, 0.25) is 0 Å². The first-order valence-corrected chi connectivity index (χ1v) is 2.22. The molecule has 0 amide bonds. The third-order valence-corrected chi connectivity index (χ3v) is 0.652. The third-order valence-electron chi connectivity index (χ3n) is 0.652. The van der Waals surface area contributed by atoms with Crippen LogP contribution in [-0.4, -0.2) is 6.29 Å². The van der Waals surface area contributed by atoms with Crippen molar-refractivity contribution in [2.24, 2.45) is 0 Å². The van der Waals surface area contributed by atoms with E-state index in [0.717, 1.165) is 11.9 Å². The lowest BCUT2D eigenvalue weighted by atomic mass is 10.3. The summed E-state index contributed by atoms with van der Waals surface area (Å²) in [5.41, 5.74) is 0.759. The van der Waals surface area contributed by atoms with Gasteiger partial charge in [0.05, 0.1) is 0 Å². The molecule has 0 N–H and O–H groups in total. The lowest BCUT2D eigenvalue weighted by molar-refractivity contribution is -0.104. The summed E-state index contributed by atoms with van der Waals surface area (Å²) in [4.78, 5) is 9.80. The monoisotopic (exact) mass is 97.1 g/mol. The zero-order valence-corrected chi connectivity index (χ0v) is 4.48. The molecule has 0 fully saturated rings.